The molecule has 1 aromatic carbocycles. The average molecular weight is 358 g/mol. The summed E-state index contributed by atoms with van der Waals surface area (Å²) in [6, 6.07) is 8.88. The lowest BCUT2D eigenvalue weighted by atomic mass is 10.1. The maximum atomic E-state index is 11.8. The molecule has 2 heterocycles. The quantitative estimate of drug-likeness (QED) is 0.872. The molecule has 7 heteroatoms. The first-order valence-electron chi connectivity index (χ1n) is 8.38. The van der Waals surface area contributed by atoms with Crippen molar-refractivity contribution < 1.29 is 24.2 Å². The summed E-state index contributed by atoms with van der Waals surface area (Å²) in [6.45, 7) is 6.85. The number of fused-ring (bicyclic) bond motifs is 1. The highest BCUT2D eigenvalue weighted by molar-refractivity contribution is 5.91. The van der Waals surface area contributed by atoms with Gasteiger partial charge in [-0.2, -0.15) is 0 Å². The molecule has 0 fully saturated rings. The van der Waals surface area contributed by atoms with Gasteiger partial charge in [-0.05, 0) is 44.5 Å². The third kappa shape index (κ3) is 3.88. The van der Waals surface area contributed by atoms with Crippen molar-refractivity contribution in [1.29, 1.82) is 0 Å². The standard InChI is InChI=1S/C19H22N2O5/c1-19(2,3)26-18(24)20-13-6-4-12(5-7-13)15-10-14(17(22)23)16-11-25-9-8-21(15)16/h4-7,10H,8-9,11H2,1-3H3,(H,20,24)(H,22,23). The van der Waals surface area contributed by atoms with Crippen LogP contribution in [-0.4, -0.2) is 33.9 Å². The second kappa shape index (κ2) is 6.84. The van der Waals surface area contributed by atoms with Crippen molar-refractivity contribution >= 4 is 17.7 Å². The van der Waals surface area contributed by atoms with E-state index in [1.807, 2.05) is 16.7 Å². The molecule has 2 aromatic rings. The Morgan fingerprint density at radius 2 is 1.92 bits per heavy atom. The molecule has 1 amide bonds. The third-order valence-electron chi connectivity index (χ3n) is 3.96. The molecule has 0 aliphatic carbocycles. The number of carbonyl (C=O) groups excluding carboxylic acids is 1. The van der Waals surface area contributed by atoms with Gasteiger partial charge in [0.15, 0.2) is 0 Å². The van der Waals surface area contributed by atoms with E-state index < -0.39 is 17.7 Å². The van der Waals surface area contributed by atoms with Crippen LogP contribution >= 0.6 is 0 Å². The van der Waals surface area contributed by atoms with E-state index >= 15 is 0 Å². The van der Waals surface area contributed by atoms with Crippen molar-refractivity contribution in [3.05, 3.63) is 41.6 Å². The summed E-state index contributed by atoms with van der Waals surface area (Å²) in [4.78, 5) is 23.3. The minimum Gasteiger partial charge on any atom is -0.478 e. The van der Waals surface area contributed by atoms with Gasteiger partial charge in [0.25, 0.3) is 0 Å². The zero-order valence-electron chi connectivity index (χ0n) is 15.0. The van der Waals surface area contributed by atoms with Gasteiger partial charge < -0.3 is 19.1 Å². The topological polar surface area (TPSA) is 89.8 Å². The normalized spacial score (nSPS) is 13.8. The van der Waals surface area contributed by atoms with Gasteiger partial charge in [0.1, 0.15) is 5.60 Å². The molecular weight excluding hydrogens is 336 g/mol. The van der Waals surface area contributed by atoms with Crippen LogP contribution in [0.5, 0.6) is 0 Å². The molecule has 0 saturated carbocycles. The molecule has 0 unspecified atom stereocenters. The first kappa shape index (κ1) is 18.0. The van der Waals surface area contributed by atoms with Crippen molar-refractivity contribution in [3.63, 3.8) is 0 Å². The molecule has 3 rings (SSSR count). The molecule has 0 atom stereocenters. The number of benzene rings is 1. The van der Waals surface area contributed by atoms with Gasteiger partial charge in [0.05, 0.1) is 24.5 Å². The van der Waals surface area contributed by atoms with Gasteiger partial charge >= 0.3 is 12.1 Å². The highest BCUT2D eigenvalue weighted by Gasteiger charge is 2.23. The maximum Gasteiger partial charge on any atom is 0.412 e. The summed E-state index contributed by atoms with van der Waals surface area (Å²) in [5.41, 5.74) is 2.67. The Morgan fingerprint density at radius 1 is 1.23 bits per heavy atom. The number of nitrogens with zero attached hydrogens (tertiary/aromatic N) is 1. The Labute approximate surface area is 151 Å². The number of hydrogen-bond acceptors (Lipinski definition) is 4. The fraction of sp³-hybridized carbons (Fsp3) is 0.368. The van der Waals surface area contributed by atoms with Gasteiger partial charge in [-0.3, -0.25) is 5.32 Å². The zero-order valence-corrected chi connectivity index (χ0v) is 15.0. The molecule has 0 radical (unpaired) electrons. The molecule has 1 aromatic heterocycles. The SMILES string of the molecule is CC(C)(C)OC(=O)Nc1ccc(-c2cc(C(=O)O)c3n2CCOC3)cc1. The Morgan fingerprint density at radius 3 is 2.54 bits per heavy atom. The lowest BCUT2D eigenvalue weighted by Crippen LogP contribution is -2.27. The smallest absolute Gasteiger partial charge is 0.412 e. The van der Waals surface area contributed by atoms with Crippen LogP contribution < -0.4 is 5.32 Å². The maximum absolute atomic E-state index is 11.8. The second-order valence-corrected chi connectivity index (χ2v) is 7.10. The molecular formula is C19H22N2O5. The van der Waals surface area contributed by atoms with Crippen LogP contribution in [0.15, 0.2) is 30.3 Å². The molecule has 7 nitrogen and oxygen atoms in total. The summed E-state index contributed by atoms with van der Waals surface area (Å²) < 4.78 is 12.6. The van der Waals surface area contributed by atoms with Gasteiger partial charge in [0.2, 0.25) is 0 Å². The predicted molar refractivity (Wildman–Crippen MR) is 96.3 cm³/mol. The zero-order chi connectivity index (χ0) is 18.9. The van der Waals surface area contributed by atoms with Crippen molar-refractivity contribution in [2.45, 2.75) is 39.5 Å². The molecule has 1 aliphatic heterocycles. The van der Waals surface area contributed by atoms with Crippen LogP contribution in [0, 0.1) is 0 Å². The minimum atomic E-state index is -0.964. The molecule has 0 spiro atoms. The highest BCUT2D eigenvalue weighted by atomic mass is 16.6. The van der Waals surface area contributed by atoms with E-state index in [2.05, 4.69) is 5.32 Å². The van der Waals surface area contributed by atoms with E-state index in [1.165, 1.54) is 0 Å². The van der Waals surface area contributed by atoms with Crippen LogP contribution in [0.25, 0.3) is 11.3 Å². The van der Waals surface area contributed by atoms with E-state index in [0.29, 0.717) is 31.1 Å². The van der Waals surface area contributed by atoms with Crippen LogP contribution in [0.2, 0.25) is 0 Å². The van der Waals surface area contributed by atoms with Crippen molar-refractivity contribution in [2.24, 2.45) is 0 Å². The van der Waals surface area contributed by atoms with Gasteiger partial charge in [-0.25, -0.2) is 9.59 Å². The number of aromatic carboxylic acids is 1. The van der Waals surface area contributed by atoms with E-state index in [1.54, 1.807) is 39.0 Å². The summed E-state index contributed by atoms with van der Waals surface area (Å²) in [6.07, 6.45) is -0.518. The molecule has 0 saturated heterocycles. The summed E-state index contributed by atoms with van der Waals surface area (Å²) in [7, 11) is 0. The van der Waals surface area contributed by atoms with E-state index in [-0.39, 0.29) is 5.56 Å². The van der Waals surface area contributed by atoms with Crippen molar-refractivity contribution in [3.8, 4) is 11.3 Å². The number of carboxylic acids is 1. The number of carboxylic acid groups (broad SMARTS) is 1. The van der Waals surface area contributed by atoms with Crippen LogP contribution in [0.3, 0.4) is 0 Å². The lowest BCUT2D eigenvalue weighted by molar-refractivity contribution is 0.0633. The molecule has 2 N–H and O–H groups in total. The van der Waals surface area contributed by atoms with Crippen molar-refractivity contribution in [2.75, 3.05) is 11.9 Å². The van der Waals surface area contributed by atoms with Gasteiger partial charge in [-0.1, -0.05) is 12.1 Å². The predicted octanol–water partition coefficient (Wildman–Crippen LogP) is 3.73. The number of amides is 1. The number of anilines is 1. The summed E-state index contributed by atoms with van der Waals surface area (Å²) in [5.74, 6) is -0.964. The first-order valence-corrected chi connectivity index (χ1v) is 8.38. The first-order chi connectivity index (χ1) is 12.2. The number of nitrogens with one attached hydrogen (secondary N) is 1. The second-order valence-electron chi connectivity index (χ2n) is 7.10. The molecule has 26 heavy (non-hydrogen) atoms. The molecule has 138 valence electrons. The number of ether oxygens (including phenoxy) is 2. The number of hydrogen-bond donors (Lipinski definition) is 2. The largest absolute Gasteiger partial charge is 0.478 e. The Balaban J connectivity index is 1.83. The van der Waals surface area contributed by atoms with Crippen LogP contribution in [0.4, 0.5) is 10.5 Å². The number of rotatable bonds is 3. The van der Waals surface area contributed by atoms with Crippen LogP contribution in [-0.2, 0) is 22.6 Å². The third-order valence-corrected chi connectivity index (χ3v) is 3.96. The monoisotopic (exact) mass is 358 g/mol. The Kier molecular flexibility index (Phi) is 4.73. The summed E-state index contributed by atoms with van der Waals surface area (Å²) in [5, 5.41) is 12.1. The number of carbonyl (C=O) groups is 2. The van der Waals surface area contributed by atoms with E-state index in [4.69, 9.17) is 9.47 Å². The Bertz CT molecular complexity index is 831. The van der Waals surface area contributed by atoms with E-state index in [9.17, 15) is 14.7 Å². The average Bonchev–Trinajstić information content (AvgIpc) is 2.94. The van der Waals surface area contributed by atoms with Crippen LogP contribution in [0.1, 0.15) is 36.8 Å². The highest BCUT2D eigenvalue weighted by Crippen LogP contribution is 2.29. The Hall–Kier alpha value is -2.80. The number of aromatic nitrogens is 1. The minimum absolute atomic E-state index is 0.260. The molecule has 0 bridgehead atoms. The summed E-state index contributed by atoms with van der Waals surface area (Å²) >= 11 is 0. The fourth-order valence-electron chi connectivity index (χ4n) is 2.89. The van der Waals surface area contributed by atoms with Gasteiger partial charge in [0, 0.05) is 17.9 Å². The molecule has 1 aliphatic rings. The lowest BCUT2D eigenvalue weighted by Gasteiger charge is -2.20. The fourth-order valence-corrected chi connectivity index (χ4v) is 2.89. The van der Waals surface area contributed by atoms with E-state index in [0.717, 1.165) is 11.3 Å². The van der Waals surface area contributed by atoms with Crippen molar-refractivity contribution in [1.82, 2.24) is 4.57 Å². The van der Waals surface area contributed by atoms with Gasteiger partial charge in [-0.15, -0.1) is 0 Å².